The summed E-state index contributed by atoms with van der Waals surface area (Å²) in [5, 5.41) is 3.53. The van der Waals surface area contributed by atoms with Crippen molar-refractivity contribution in [3.63, 3.8) is 0 Å². The Labute approximate surface area is 214 Å². The van der Waals surface area contributed by atoms with Crippen LogP contribution in [0.3, 0.4) is 0 Å². The Morgan fingerprint density at radius 3 is 2.38 bits per heavy atom. The molecule has 2 aromatic heterocycles. The molecule has 1 saturated heterocycles. The molecule has 0 bridgehead atoms. The van der Waals surface area contributed by atoms with Gasteiger partial charge in [-0.2, -0.15) is 4.31 Å². The van der Waals surface area contributed by atoms with Gasteiger partial charge in [-0.15, -0.1) is 23.1 Å². The molecule has 4 aromatic rings. The van der Waals surface area contributed by atoms with Crippen molar-refractivity contribution in [3.05, 3.63) is 36.4 Å². The Morgan fingerprint density at radius 1 is 1.00 bits per heavy atom. The molecule has 1 N–H and O–H groups in total. The summed E-state index contributed by atoms with van der Waals surface area (Å²) in [7, 11) is -3.59. The average molecular weight is 551 g/mol. The minimum atomic E-state index is -3.59. The smallest absolute Gasteiger partial charge is 0.244 e. The van der Waals surface area contributed by atoms with E-state index in [4.69, 9.17) is 0 Å². The quantitative estimate of drug-likeness (QED) is 0.322. The molecule has 34 heavy (non-hydrogen) atoms. The Kier molecular flexibility index (Phi) is 6.88. The molecule has 5 rings (SSSR count). The molecular formula is C22H22N4O3S5. The molecule has 0 saturated carbocycles. The van der Waals surface area contributed by atoms with Gasteiger partial charge in [0.05, 0.1) is 25.3 Å². The normalized spacial score (nSPS) is 15.8. The van der Waals surface area contributed by atoms with E-state index in [0.717, 1.165) is 29.7 Å². The van der Waals surface area contributed by atoms with E-state index in [1.54, 1.807) is 35.2 Å². The minimum Gasteiger partial charge on any atom is -0.302 e. The highest BCUT2D eigenvalue weighted by molar-refractivity contribution is 8.00. The number of nitrogens with zero attached hydrogens (tertiary/aromatic N) is 3. The van der Waals surface area contributed by atoms with Crippen LogP contribution < -0.4 is 5.32 Å². The summed E-state index contributed by atoms with van der Waals surface area (Å²) in [6.07, 6.45) is 4.83. The second-order valence-electron chi connectivity index (χ2n) is 7.78. The maximum Gasteiger partial charge on any atom is 0.244 e. The van der Waals surface area contributed by atoms with Crippen LogP contribution in [0.25, 0.3) is 20.4 Å². The van der Waals surface area contributed by atoms with Gasteiger partial charge in [0.2, 0.25) is 15.9 Å². The van der Waals surface area contributed by atoms with Crippen LogP contribution in [0.5, 0.6) is 0 Å². The van der Waals surface area contributed by atoms with Gasteiger partial charge in [0.15, 0.2) is 9.47 Å². The number of thioether (sulfide) groups is 2. The topological polar surface area (TPSA) is 92.3 Å². The van der Waals surface area contributed by atoms with Crippen LogP contribution >= 0.6 is 46.2 Å². The Balaban J connectivity index is 1.28. The number of hydrogen-bond acceptors (Lipinski definition) is 9. The molecule has 2 aromatic carbocycles. The number of hydrogen-bond donors (Lipinski definition) is 1. The van der Waals surface area contributed by atoms with Crippen LogP contribution in [0.1, 0.15) is 12.8 Å². The van der Waals surface area contributed by atoms with E-state index in [2.05, 4.69) is 15.3 Å². The van der Waals surface area contributed by atoms with Crippen LogP contribution in [0.2, 0.25) is 0 Å². The molecular weight excluding hydrogens is 529 g/mol. The number of thiazole rings is 2. The highest BCUT2D eigenvalue weighted by atomic mass is 32.2. The van der Waals surface area contributed by atoms with Crippen LogP contribution in [0, 0.1) is 5.92 Å². The maximum absolute atomic E-state index is 13.2. The third kappa shape index (κ3) is 4.47. The highest BCUT2D eigenvalue weighted by Gasteiger charge is 2.33. The summed E-state index contributed by atoms with van der Waals surface area (Å²) >= 11 is 6.13. The first kappa shape index (κ1) is 24.0. The number of benzene rings is 2. The van der Waals surface area contributed by atoms with Crippen molar-refractivity contribution in [1.29, 1.82) is 0 Å². The number of aromatic nitrogens is 2. The van der Waals surface area contributed by atoms with Crippen LogP contribution in [-0.2, 0) is 14.8 Å². The van der Waals surface area contributed by atoms with Crippen molar-refractivity contribution in [3.8, 4) is 0 Å². The second-order valence-corrected chi connectivity index (χ2v) is 13.6. The number of carbonyl (C=O) groups excluding carboxylic acids is 1. The van der Waals surface area contributed by atoms with Gasteiger partial charge in [-0.25, -0.2) is 18.4 Å². The molecule has 0 unspecified atom stereocenters. The second kappa shape index (κ2) is 9.75. The lowest BCUT2D eigenvalue weighted by atomic mass is 9.97. The summed E-state index contributed by atoms with van der Waals surface area (Å²) in [5.41, 5.74) is 1.79. The lowest BCUT2D eigenvalue weighted by molar-refractivity contribution is -0.120. The molecule has 1 amide bonds. The van der Waals surface area contributed by atoms with Crippen molar-refractivity contribution in [2.75, 3.05) is 30.9 Å². The van der Waals surface area contributed by atoms with E-state index < -0.39 is 10.0 Å². The zero-order valence-corrected chi connectivity index (χ0v) is 22.6. The van der Waals surface area contributed by atoms with Crippen molar-refractivity contribution in [2.24, 2.45) is 5.92 Å². The molecule has 0 spiro atoms. The lowest BCUT2D eigenvalue weighted by Crippen LogP contribution is -2.41. The highest BCUT2D eigenvalue weighted by Crippen LogP contribution is 2.38. The molecule has 1 aliphatic rings. The first-order valence-electron chi connectivity index (χ1n) is 10.6. The Bertz CT molecular complexity index is 1470. The lowest BCUT2D eigenvalue weighted by Gasteiger charge is -2.30. The van der Waals surface area contributed by atoms with Gasteiger partial charge >= 0.3 is 0 Å². The van der Waals surface area contributed by atoms with Gasteiger partial charge in [-0.3, -0.25) is 4.79 Å². The summed E-state index contributed by atoms with van der Waals surface area (Å²) in [6, 6.07) is 10.9. The molecule has 1 fully saturated rings. The molecule has 7 nitrogen and oxygen atoms in total. The number of amides is 1. The third-order valence-corrected chi connectivity index (χ3v) is 11.9. The zero-order valence-electron chi connectivity index (χ0n) is 18.5. The average Bonchev–Trinajstić information content (AvgIpc) is 3.47. The van der Waals surface area contributed by atoms with Gasteiger partial charge in [0.25, 0.3) is 0 Å². The van der Waals surface area contributed by atoms with E-state index in [0.29, 0.717) is 36.0 Å². The van der Waals surface area contributed by atoms with Crippen molar-refractivity contribution >= 4 is 87.7 Å². The molecule has 178 valence electrons. The third-order valence-electron chi connectivity index (χ3n) is 5.81. The van der Waals surface area contributed by atoms with Gasteiger partial charge in [0, 0.05) is 23.9 Å². The number of fused-ring (bicyclic) bond motifs is 3. The fourth-order valence-corrected chi connectivity index (χ4v) is 9.28. The summed E-state index contributed by atoms with van der Waals surface area (Å²) in [5.74, 6) is -0.355. The van der Waals surface area contributed by atoms with E-state index in [1.807, 2.05) is 36.8 Å². The number of sulfonamides is 1. The standard InChI is InChI=1S/C22H22N4O3S5/c1-30-16-5-3-4-6-17(16)34(28,29)26-11-9-13(10-12-26)20(27)25-21-23-14-7-8-15-19(18(14)32-21)33-22(24-15)31-2/h3-8,13H,9-12H2,1-2H3,(H,23,25,27). The number of rotatable bonds is 6. The van der Waals surface area contributed by atoms with Crippen LogP contribution in [0.15, 0.2) is 50.5 Å². The Hall–Kier alpha value is -1.70. The van der Waals surface area contributed by atoms with E-state index in [9.17, 15) is 13.2 Å². The maximum atomic E-state index is 13.2. The predicted octanol–water partition coefficient (Wildman–Crippen LogP) is 5.39. The number of anilines is 1. The van der Waals surface area contributed by atoms with E-state index in [1.165, 1.54) is 27.4 Å². The molecule has 12 heteroatoms. The molecule has 3 heterocycles. The monoisotopic (exact) mass is 550 g/mol. The number of nitrogens with one attached hydrogen (secondary N) is 1. The van der Waals surface area contributed by atoms with Crippen molar-refractivity contribution in [1.82, 2.24) is 14.3 Å². The predicted molar refractivity (Wildman–Crippen MR) is 143 cm³/mol. The first-order valence-corrected chi connectivity index (χ1v) is 16.1. The largest absolute Gasteiger partial charge is 0.302 e. The number of piperidine rings is 1. The van der Waals surface area contributed by atoms with Crippen molar-refractivity contribution in [2.45, 2.75) is 27.0 Å². The van der Waals surface area contributed by atoms with Gasteiger partial charge in [-0.05, 0) is 49.6 Å². The molecule has 0 aliphatic carbocycles. The summed E-state index contributed by atoms with van der Waals surface area (Å²) in [6.45, 7) is 0.643. The van der Waals surface area contributed by atoms with Crippen molar-refractivity contribution < 1.29 is 13.2 Å². The number of carbonyl (C=O) groups is 1. The fraction of sp³-hybridized carbons (Fsp3) is 0.318. The molecule has 0 radical (unpaired) electrons. The fourth-order valence-electron chi connectivity index (χ4n) is 4.03. The van der Waals surface area contributed by atoms with E-state index in [-0.39, 0.29) is 11.8 Å². The van der Waals surface area contributed by atoms with Gasteiger partial charge in [-0.1, -0.05) is 35.2 Å². The minimum absolute atomic E-state index is 0.106. The molecule has 1 aliphatic heterocycles. The van der Waals surface area contributed by atoms with Gasteiger partial charge < -0.3 is 5.32 Å². The first-order chi connectivity index (χ1) is 16.4. The molecule has 0 atom stereocenters. The van der Waals surface area contributed by atoms with Gasteiger partial charge in [0.1, 0.15) is 0 Å². The van der Waals surface area contributed by atoms with Crippen LogP contribution in [0.4, 0.5) is 5.13 Å². The van der Waals surface area contributed by atoms with Crippen LogP contribution in [-0.4, -0.2) is 54.2 Å². The zero-order chi connectivity index (χ0) is 23.9. The SMILES string of the molecule is CSc1nc2ccc3nc(NC(=O)C4CCN(S(=O)(=O)c5ccccc5SC)CC4)sc3c2s1. The summed E-state index contributed by atoms with van der Waals surface area (Å²) in [4.78, 5) is 23.2. The van der Waals surface area contributed by atoms with E-state index >= 15 is 0 Å². The Morgan fingerprint density at radius 2 is 1.68 bits per heavy atom. The summed E-state index contributed by atoms with van der Waals surface area (Å²) < 4.78 is 30.9.